The van der Waals surface area contributed by atoms with Crippen molar-refractivity contribution in [3.8, 4) is 5.75 Å². The predicted octanol–water partition coefficient (Wildman–Crippen LogP) is 2.78. The van der Waals surface area contributed by atoms with Gasteiger partial charge < -0.3 is 10.1 Å². The third kappa shape index (κ3) is 3.27. The number of hydrogen-bond acceptors (Lipinski definition) is 3. The van der Waals surface area contributed by atoms with Crippen LogP contribution in [0, 0.1) is 0 Å². The van der Waals surface area contributed by atoms with E-state index in [2.05, 4.69) is 29.9 Å². The number of rotatable bonds is 7. The van der Waals surface area contributed by atoms with Gasteiger partial charge in [0.05, 0.1) is 19.3 Å². The lowest BCUT2D eigenvalue weighted by molar-refractivity contribution is 0.407. The smallest absolute Gasteiger partial charge is 0.123 e. The minimum absolute atomic E-state index is 0.754. The van der Waals surface area contributed by atoms with E-state index >= 15 is 0 Å². The van der Waals surface area contributed by atoms with Gasteiger partial charge in [-0.1, -0.05) is 32.0 Å². The lowest BCUT2D eigenvalue weighted by atomic mass is 10.1. The van der Waals surface area contributed by atoms with Crippen LogP contribution in [0.4, 0.5) is 0 Å². The van der Waals surface area contributed by atoms with Crippen molar-refractivity contribution >= 4 is 0 Å². The Balaban J connectivity index is 2.39. The summed E-state index contributed by atoms with van der Waals surface area (Å²) >= 11 is 0. The Labute approximate surface area is 127 Å². The minimum atomic E-state index is 0.754. The quantitative estimate of drug-likeness (QED) is 0.851. The summed E-state index contributed by atoms with van der Waals surface area (Å²) in [6, 6.07) is 8.14. The molecule has 0 fully saturated rings. The van der Waals surface area contributed by atoms with Crippen molar-refractivity contribution in [1.82, 2.24) is 15.1 Å². The number of ether oxygens (including phenoxy) is 1. The van der Waals surface area contributed by atoms with Gasteiger partial charge in [-0.25, -0.2) is 0 Å². The van der Waals surface area contributed by atoms with Gasteiger partial charge in [-0.05, 0) is 26.0 Å². The zero-order chi connectivity index (χ0) is 15.2. The summed E-state index contributed by atoms with van der Waals surface area (Å²) in [5, 5.41) is 8.07. The monoisotopic (exact) mass is 287 g/mol. The van der Waals surface area contributed by atoms with Crippen LogP contribution >= 0.6 is 0 Å². The second kappa shape index (κ2) is 7.27. The van der Waals surface area contributed by atoms with Gasteiger partial charge in [-0.2, -0.15) is 5.10 Å². The highest BCUT2D eigenvalue weighted by Crippen LogP contribution is 2.22. The molecule has 2 aromatic rings. The number of aryl methyl sites for hydroxylation is 1. The average molecular weight is 287 g/mol. The SMILES string of the molecule is CCc1nn(Cc2ccccc2OC)c(CC)c1CNC. The first-order valence-electron chi connectivity index (χ1n) is 7.59. The second-order valence-corrected chi connectivity index (χ2v) is 5.08. The molecule has 0 saturated carbocycles. The minimum Gasteiger partial charge on any atom is -0.496 e. The highest BCUT2D eigenvalue weighted by molar-refractivity contribution is 5.34. The van der Waals surface area contributed by atoms with Crippen LogP contribution in [0.25, 0.3) is 0 Å². The third-order valence-corrected chi connectivity index (χ3v) is 3.79. The van der Waals surface area contributed by atoms with Crippen molar-refractivity contribution in [2.75, 3.05) is 14.2 Å². The zero-order valence-electron chi connectivity index (χ0n) is 13.4. The molecule has 0 spiro atoms. The molecule has 1 aromatic heterocycles. The number of methoxy groups -OCH3 is 1. The van der Waals surface area contributed by atoms with Crippen LogP contribution < -0.4 is 10.1 Å². The lowest BCUT2D eigenvalue weighted by Gasteiger charge is -2.11. The summed E-state index contributed by atoms with van der Waals surface area (Å²) in [4.78, 5) is 0. The summed E-state index contributed by atoms with van der Waals surface area (Å²) in [6.45, 7) is 5.98. The predicted molar refractivity (Wildman–Crippen MR) is 85.8 cm³/mol. The normalized spacial score (nSPS) is 10.9. The van der Waals surface area contributed by atoms with Crippen LogP contribution in [0.2, 0.25) is 0 Å². The lowest BCUT2D eigenvalue weighted by Crippen LogP contribution is -2.11. The Morgan fingerprint density at radius 1 is 1.19 bits per heavy atom. The molecule has 21 heavy (non-hydrogen) atoms. The Hall–Kier alpha value is -1.81. The largest absolute Gasteiger partial charge is 0.496 e. The fourth-order valence-corrected chi connectivity index (χ4v) is 2.78. The van der Waals surface area contributed by atoms with Crippen molar-refractivity contribution in [3.05, 3.63) is 46.8 Å². The maximum atomic E-state index is 5.45. The fraction of sp³-hybridized carbons (Fsp3) is 0.471. The maximum absolute atomic E-state index is 5.45. The van der Waals surface area contributed by atoms with E-state index in [-0.39, 0.29) is 0 Å². The maximum Gasteiger partial charge on any atom is 0.123 e. The summed E-state index contributed by atoms with van der Waals surface area (Å²) < 4.78 is 7.58. The molecule has 1 N–H and O–H groups in total. The van der Waals surface area contributed by atoms with E-state index in [0.29, 0.717) is 0 Å². The number of nitrogens with one attached hydrogen (secondary N) is 1. The van der Waals surface area contributed by atoms with Crippen LogP contribution in [-0.2, 0) is 25.9 Å². The number of aromatic nitrogens is 2. The Kier molecular flexibility index (Phi) is 5.39. The number of hydrogen-bond donors (Lipinski definition) is 1. The van der Waals surface area contributed by atoms with Crippen molar-refractivity contribution in [2.45, 2.75) is 39.8 Å². The van der Waals surface area contributed by atoms with Crippen LogP contribution in [0.1, 0.15) is 36.4 Å². The average Bonchev–Trinajstić information content (AvgIpc) is 2.85. The molecule has 0 saturated heterocycles. The molecule has 0 radical (unpaired) electrons. The molecule has 1 heterocycles. The zero-order valence-corrected chi connectivity index (χ0v) is 13.4. The van der Waals surface area contributed by atoms with E-state index in [9.17, 15) is 0 Å². The highest BCUT2D eigenvalue weighted by atomic mass is 16.5. The van der Waals surface area contributed by atoms with E-state index in [4.69, 9.17) is 9.84 Å². The topological polar surface area (TPSA) is 39.1 Å². The Morgan fingerprint density at radius 3 is 2.57 bits per heavy atom. The van der Waals surface area contributed by atoms with Gasteiger partial charge in [0.1, 0.15) is 5.75 Å². The third-order valence-electron chi connectivity index (χ3n) is 3.79. The molecule has 0 bridgehead atoms. The van der Waals surface area contributed by atoms with Crippen LogP contribution in [0.5, 0.6) is 5.75 Å². The summed E-state index contributed by atoms with van der Waals surface area (Å²) in [6.07, 6.45) is 1.95. The first-order valence-corrected chi connectivity index (χ1v) is 7.59. The van der Waals surface area contributed by atoms with Gasteiger partial charge in [0, 0.05) is 23.4 Å². The van der Waals surface area contributed by atoms with E-state index < -0.39 is 0 Å². The van der Waals surface area contributed by atoms with E-state index in [0.717, 1.165) is 37.2 Å². The van der Waals surface area contributed by atoms with Crippen molar-refractivity contribution in [1.29, 1.82) is 0 Å². The van der Waals surface area contributed by atoms with Crippen LogP contribution in [0.15, 0.2) is 24.3 Å². The van der Waals surface area contributed by atoms with Crippen molar-refractivity contribution < 1.29 is 4.74 Å². The first-order chi connectivity index (χ1) is 10.2. The molecule has 0 unspecified atom stereocenters. The van der Waals surface area contributed by atoms with Gasteiger partial charge in [-0.15, -0.1) is 0 Å². The van der Waals surface area contributed by atoms with Gasteiger partial charge >= 0.3 is 0 Å². The number of benzene rings is 1. The molecule has 1 aromatic carbocycles. The van der Waals surface area contributed by atoms with Gasteiger partial charge in [0.15, 0.2) is 0 Å². The Morgan fingerprint density at radius 2 is 1.95 bits per heavy atom. The van der Waals surface area contributed by atoms with Gasteiger partial charge in [0.2, 0.25) is 0 Å². The summed E-state index contributed by atoms with van der Waals surface area (Å²) in [5.74, 6) is 0.920. The molecule has 4 heteroatoms. The van der Waals surface area contributed by atoms with E-state index in [1.807, 2.05) is 25.2 Å². The van der Waals surface area contributed by atoms with Crippen molar-refractivity contribution in [3.63, 3.8) is 0 Å². The number of nitrogens with zero attached hydrogens (tertiary/aromatic N) is 2. The second-order valence-electron chi connectivity index (χ2n) is 5.08. The molecular formula is C17H25N3O. The molecule has 0 aliphatic rings. The van der Waals surface area contributed by atoms with Crippen LogP contribution in [0.3, 0.4) is 0 Å². The number of para-hydroxylation sites is 1. The van der Waals surface area contributed by atoms with Gasteiger partial charge in [-0.3, -0.25) is 4.68 Å². The van der Waals surface area contributed by atoms with Crippen molar-refractivity contribution in [2.24, 2.45) is 0 Å². The summed E-state index contributed by atoms with van der Waals surface area (Å²) in [5.41, 5.74) is 5.01. The molecule has 0 atom stereocenters. The highest BCUT2D eigenvalue weighted by Gasteiger charge is 2.15. The molecule has 0 amide bonds. The molecule has 2 rings (SSSR count). The molecular weight excluding hydrogens is 262 g/mol. The molecule has 0 aliphatic heterocycles. The standard InChI is InChI=1S/C17H25N3O/c1-5-15-14(11-18-3)16(6-2)20(19-15)12-13-9-7-8-10-17(13)21-4/h7-10,18H,5-6,11-12H2,1-4H3. The first kappa shape index (κ1) is 15.6. The summed E-state index contributed by atoms with van der Waals surface area (Å²) in [7, 11) is 3.70. The molecule has 114 valence electrons. The van der Waals surface area contributed by atoms with E-state index in [1.165, 1.54) is 17.0 Å². The fourth-order valence-electron chi connectivity index (χ4n) is 2.78. The Bertz CT molecular complexity index is 590. The van der Waals surface area contributed by atoms with Gasteiger partial charge in [0.25, 0.3) is 0 Å². The molecule has 0 aliphatic carbocycles. The van der Waals surface area contributed by atoms with E-state index in [1.54, 1.807) is 7.11 Å². The van der Waals surface area contributed by atoms with Crippen LogP contribution in [-0.4, -0.2) is 23.9 Å². The molecule has 4 nitrogen and oxygen atoms in total.